The van der Waals surface area contributed by atoms with E-state index in [1.807, 2.05) is 0 Å². The minimum absolute atomic E-state index is 0.0133. The SMILES string of the molecule is O=c1oc2c([N+](=O)[O-])c(O)c(Br)cc2cc1-c1nnn[nH]1. The number of fused-ring (bicyclic) bond motifs is 1. The van der Waals surface area contributed by atoms with Crippen molar-refractivity contribution in [3.05, 3.63) is 37.1 Å². The summed E-state index contributed by atoms with van der Waals surface area (Å²) in [4.78, 5) is 22.1. The zero-order chi connectivity index (χ0) is 15.1. The number of nitrogens with zero attached hydrogens (tertiary/aromatic N) is 4. The first-order chi connectivity index (χ1) is 9.99. The molecule has 0 unspecified atom stereocenters. The molecular formula is C10H4BrN5O5. The van der Waals surface area contributed by atoms with Gasteiger partial charge in [0, 0.05) is 5.39 Å². The van der Waals surface area contributed by atoms with Gasteiger partial charge in [-0.1, -0.05) is 0 Å². The number of nitro benzene ring substituents is 1. The largest absolute Gasteiger partial charge is 0.501 e. The first-order valence-electron chi connectivity index (χ1n) is 5.37. The average Bonchev–Trinajstić information content (AvgIpc) is 2.93. The molecule has 0 atom stereocenters. The number of aromatic hydroxyl groups is 1. The van der Waals surface area contributed by atoms with E-state index in [1.165, 1.54) is 12.1 Å². The van der Waals surface area contributed by atoms with Crippen molar-refractivity contribution in [3.8, 4) is 17.1 Å². The van der Waals surface area contributed by atoms with E-state index in [4.69, 9.17) is 4.42 Å². The minimum atomic E-state index is -0.870. The van der Waals surface area contributed by atoms with Gasteiger partial charge in [-0.3, -0.25) is 10.1 Å². The van der Waals surface area contributed by atoms with Crippen LogP contribution in [0.3, 0.4) is 0 Å². The number of hydrogen-bond acceptors (Lipinski definition) is 8. The second-order valence-corrected chi connectivity index (χ2v) is 4.78. The fraction of sp³-hybridized carbons (Fsp3) is 0. The fourth-order valence-corrected chi connectivity index (χ4v) is 2.25. The predicted octanol–water partition coefficient (Wildman–Crippen LogP) is 1.35. The van der Waals surface area contributed by atoms with Crippen LogP contribution in [0, 0.1) is 10.1 Å². The highest BCUT2D eigenvalue weighted by Gasteiger charge is 2.25. The lowest BCUT2D eigenvalue weighted by molar-refractivity contribution is -0.384. The van der Waals surface area contributed by atoms with Gasteiger partial charge in [0.05, 0.1) is 9.40 Å². The van der Waals surface area contributed by atoms with E-state index in [9.17, 15) is 20.0 Å². The molecule has 0 bridgehead atoms. The van der Waals surface area contributed by atoms with Crippen molar-refractivity contribution < 1.29 is 14.4 Å². The molecule has 2 aromatic heterocycles. The Hall–Kier alpha value is -2.82. The molecule has 0 aliphatic rings. The first kappa shape index (κ1) is 13.2. The Balaban J connectivity index is 2.42. The van der Waals surface area contributed by atoms with Crippen molar-refractivity contribution in [2.45, 2.75) is 0 Å². The van der Waals surface area contributed by atoms with Crippen LogP contribution < -0.4 is 5.63 Å². The molecule has 0 saturated carbocycles. The molecule has 0 saturated heterocycles. The van der Waals surface area contributed by atoms with Crippen LogP contribution in [0.1, 0.15) is 0 Å². The summed E-state index contributed by atoms with van der Waals surface area (Å²) >= 11 is 3.00. The van der Waals surface area contributed by atoms with E-state index < -0.39 is 22.0 Å². The summed E-state index contributed by atoms with van der Waals surface area (Å²) in [5.41, 5.74) is -1.88. The number of tetrazole rings is 1. The van der Waals surface area contributed by atoms with E-state index in [2.05, 4.69) is 36.6 Å². The summed E-state index contributed by atoms with van der Waals surface area (Å²) < 4.78 is 5.05. The smallest absolute Gasteiger partial charge is 0.354 e. The van der Waals surface area contributed by atoms with Crippen LogP contribution in [0.15, 0.2) is 25.8 Å². The van der Waals surface area contributed by atoms with Crippen molar-refractivity contribution in [1.29, 1.82) is 0 Å². The van der Waals surface area contributed by atoms with Gasteiger partial charge in [-0.2, -0.15) is 0 Å². The zero-order valence-electron chi connectivity index (χ0n) is 9.90. The van der Waals surface area contributed by atoms with E-state index >= 15 is 0 Å². The number of phenolic OH excluding ortho intramolecular Hbond substituents is 1. The molecule has 3 aromatic rings. The van der Waals surface area contributed by atoms with Gasteiger partial charge >= 0.3 is 11.3 Å². The molecule has 0 amide bonds. The molecule has 0 fully saturated rings. The zero-order valence-corrected chi connectivity index (χ0v) is 11.5. The van der Waals surface area contributed by atoms with Crippen LogP contribution >= 0.6 is 15.9 Å². The third-order valence-corrected chi connectivity index (χ3v) is 3.31. The molecule has 2 heterocycles. The third kappa shape index (κ3) is 2.03. The molecule has 106 valence electrons. The number of benzene rings is 1. The number of rotatable bonds is 2. The van der Waals surface area contributed by atoms with E-state index in [0.717, 1.165) is 0 Å². The number of nitro groups is 1. The maximum Gasteiger partial charge on any atom is 0.354 e. The lowest BCUT2D eigenvalue weighted by Gasteiger charge is -2.04. The summed E-state index contributed by atoms with van der Waals surface area (Å²) in [6, 6.07) is 2.72. The average molecular weight is 354 g/mol. The quantitative estimate of drug-likeness (QED) is 0.398. The number of aromatic nitrogens is 4. The molecular weight excluding hydrogens is 350 g/mol. The lowest BCUT2D eigenvalue weighted by Crippen LogP contribution is -2.05. The highest BCUT2D eigenvalue weighted by atomic mass is 79.9. The lowest BCUT2D eigenvalue weighted by atomic mass is 10.1. The van der Waals surface area contributed by atoms with Crippen LogP contribution in [0.25, 0.3) is 22.4 Å². The molecule has 0 aliphatic heterocycles. The summed E-state index contributed by atoms with van der Waals surface area (Å²) in [6.07, 6.45) is 0. The van der Waals surface area contributed by atoms with Crippen LogP contribution in [-0.4, -0.2) is 30.7 Å². The van der Waals surface area contributed by atoms with E-state index in [1.54, 1.807) is 0 Å². The van der Waals surface area contributed by atoms with Crippen molar-refractivity contribution in [1.82, 2.24) is 20.6 Å². The Labute approximate surface area is 122 Å². The number of H-pyrrole nitrogens is 1. The minimum Gasteiger partial charge on any atom is -0.501 e. The summed E-state index contributed by atoms with van der Waals surface area (Å²) in [7, 11) is 0. The summed E-state index contributed by atoms with van der Waals surface area (Å²) in [6.45, 7) is 0. The summed E-state index contributed by atoms with van der Waals surface area (Å²) in [5.74, 6) is -0.553. The Kier molecular flexibility index (Phi) is 2.90. The van der Waals surface area contributed by atoms with Crippen LogP contribution in [0.5, 0.6) is 5.75 Å². The van der Waals surface area contributed by atoms with Crippen molar-refractivity contribution in [2.75, 3.05) is 0 Å². The molecule has 2 N–H and O–H groups in total. The third-order valence-electron chi connectivity index (χ3n) is 2.71. The molecule has 1 aromatic carbocycles. The van der Waals surface area contributed by atoms with E-state index in [-0.39, 0.29) is 26.8 Å². The van der Waals surface area contributed by atoms with Crippen LogP contribution in [-0.2, 0) is 0 Å². The van der Waals surface area contributed by atoms with Crippen LogP contribution in [0.4, 0.5) is 5.69 Å². The highest BCUT2D eigenvalue weighted by molar-refractivity contribution is 9.10. The van der Waals surface area contributed by atoms with Gasteiger partial charge in [-0.25, -0.2) is 9.89 Å². The maximum absolute atomic E-state index is 11.9. The van der Waals surface area contributed by atoms with Gasteiger partial charge < -0.3 is 9.52 Å². The molecule has 10 nitrogen and oxygen atoms in total. The van der Waals surface area contributed by atoms with E-state index in [0.29, 0.717) is 0 Å². The van der Waals surface area contributed by atoms with Gasteiger partial charge in [0.15, 0.2) is 5.82 Å². The first-order valence-corrected chi connectivity index (χ1v) is 6.16. The van der Waals surface area contributed by atoms with Gasteiger partial charge in [0.25, 0.3) is 0 Å². The number of hydrogen-bond donors (Lipinski definition) is 2. The topological polar surface area (TPSA) is 148 Å². The number of phenols is 1. The number of aromatic amines is 1. The van der Waals surface area contributed by atoms with Crippen molar-refractivity contribution in [2.24, 2.45) is 0 Å². The van der Waals surface area contributed by atoms with Gasteiger partial charge in [-0.15, -0.1) is 5.10 Å². The van der Waals surface area contributed by atoms with Gasteiger partial charge in [0.1, 0.15) is 5.56 Å². The standard InChI is InChI=1S/C10H4BrN5O5/c11-5-2-3-1-4(9-12-14-15-13-9)10(18)21-8(3)6(7(5)17)16(19)20/h1-2,17H,(H,12,13,14,15). The molecule has 11 heteroatoms. The Bertz CT molecular complexity index is 920. The fourth-order valence-electron chi connectivity index (χ4n) is 1.81. The predicted molar refractivity (Wildman–Crippen MR) is 71.7 cm³/mol. The second kappa shape index (κ2) is 4.63. The number of nitrogens with one attached hydrogen (secondary N) is 1. The molecule has 3 rings (SSSR count). The Morgan fingerprint density at radius 1 is 1.43 bits per heavy atom. The van der Waals surface area contributed by atoms with Crippen LogP contribution in [0.2, 0.25) is 0 Å². The number of halogens is 1. The Morgan fingerprint density at radius 2 is 2.19 bits per heavy atom. The molecule has 0 spiro atoms. The van der Waals surface area contributed by atoms with Gasteiger partial charge in [0.2, 0.25) is 11.3 Å². The summed E-state index contributed by atoms with van der Waals surface area (Å²) in [5, 5.41) is 33.6. The molecule has 21 heavy (non-hydrogen) atoms. The van der Waals surface area contributed by atoms with Crippen molar-refractivity contribution >= 4 is 32.6 Å². The normalized spacial score (nSPS) is 10.9. The second-order valence-electron chi connectivity index (χ2n) is 3.93. The molecule has 0 radical (unpaired) electrons. The maximum atomic E-state index is 11.9. The highest BCUT2D eigenvalue weighted by Crippen LogP contribution is 2.40. The molecule has 0 aliphatic carbocycles. The van der Waals surface area contributed by atoms with Gasteiger partial charge in [-0.05, 0) is 38.5 Å². The Morgan fingerprint density at radius 3 is 2.81 bits per heavy atom. The van der Waals surface area contributed by atoms with Crippen molar-refractivity contribution in [3.63, 3.8) is 0 Å². The monoisotopic (exact) mass is 353 g/mol.